The van der Waals surface area contributed by atoms with Crippen molar-refractivity contribution >= 4 is 5.91 Å². The number of carbonyl (C=O) groups is 1. The number of fused-ring (bicyclic) bond motifs is 1. The van der Waals surface area contributed by atoms with Crippen LogP contribution in [0.15, 0.2) is 30.5 Å². The van der Waals surface area contributed by atoms with Crippen molar-refractivity contribution in [3.63, 3.8) is 0 Å². The van der Waals surface area contributed by atoms with Gasteiger partial charge in [0.25, 0.3) is 5.91 Å². The SMILES string of the molecule is Cc1[nH]ccc1C(=O)N1CCCC1c1ccc2c(c1)OCO2. The molecule has 1 fully saturated rings. The number of H-pyrrole nitrogens is 1. The number of amides is 1. The lowest BCUT2D eigenvalue weighted by atomic mass is 10.0. The maximum Gasteiger partial charge on any atom is 0.256 e. The molecule has 1 aromatic carbocycles. The smallest absolute Gasteiger partial charge is 0.256 e. The second-order valence-electron chi connectivity index (χ2n) is 5.79. The van der Waals surface area contributed by atoms with Gasteiger partial charge >= 0.3 is 0 Å². The molecular weight excluding hydrogens is 280 g/mol. The Kier molecular flexibility index (Phi) is 3.06. The van der Waals surface area contributed by atoms with E-state index in [-0.39, 0.29) is 18.7 Å². The Bertz CT molecular complexity index is 722. The number of aromatic amines is 1. The summed E-state index contributed by atoms with van der Waals surface area (Å²) in [5, 5.41) is 0. The summed E-state index contributed by atoms with van der Waals surface area (Å²) < 4.78 is 10.8. The zero-order chi connectivity index (χ0) is 15.1. The average Bonchev–Trinajstić information content (AvgIpc) is 3.25. The number of aryl methyl sites for hydroxylation is 1. The van der Waals surface area contributed by atoms with Crippen LogP contribution in [0, 0.1) is 6.92 Å². The van der Waals surface area contributed by atoms with Crippen molar-refractivity contribution in [1.29, 1.82) is 0 Å². The highest BCUT2D eigenvalue weighted by molar-refractivity contribution is 5.95. The summed E-state index contributed by atoms with van der Waals surface area (Å²) in [6.45, 7) is 3.00. The Morgan fingerprint density at radius 1 is 1.27 bits per heavy atom. The number of aromatic nitrogens is 1. The standard InChI is InChI=1S/C17H18N2O3/c1-11-13(6-7-18-11)17(20)19-8-2-3-14(19)12-4-5-15-16(9-12)22-10-21-15/h4-7,9,14,18H,2-3,8,10H2,1H3. The summed E-state index contributed by atoms with van der Waals surface area (Å²) in [5.41, 5.74) is 2.79. The number of nitrogens with one attached hydrogen (secondary N) is 1. The fourth-order valence-electron chi connectivity index (χ4n) is 3.32. The van der Waals surface area contributed by atoms with Gasteiger partial charge in [-0.2, -0.15) is 0 Å². The molecule has 2 aliphatic rings. The van der Waals surface area contributed by atoms with E-state index in [0.717, 1.165) is 47.7 Å². The van der Waals surface area contributed by atoms with Crippen molar-refractivity contribution in [2.75, 3.05) is 13.3 Å². The summed E-state index contributed by atoms with van der Waals surface area (Å²) in [4.78, 5) is 17.8. The predicted octanol–water partition coefficient (Wildman–Crippen LogP) is 3.03. The number of carbonyl (C=O) groups excluding carboxylic acids is 1. The maximum absolute atomic E-state index is 12.8. The number of hydrogen-bond donors (Lipinski definition) is 1. The van der Waals surface area contributed by atoms with E-state index in [0.29, 0.717) is 0 Å². The van der Waals surface area contributed by atoms with Crippen molar-refractivity contribution in [3.8, 4) is 11.5 Å². The summed E-state index contributed by atoms with van der Waals surface area (Å²) in [6.07, 6.45) is 3.82. The van der Waals surface area contributed by atoms with Gasteiger partial charge < -0.3 is 19.4 Å². The van der Waals surface area contributed by atoms with Crippen molar-refractivity contribution < 1.29 is 14.3 Å². The van der Waals surface area contributed by atoms with Gasteiger partial charge in [0, 0.05) is 18.4 Å². The van der Waals surface area contributed by atoms with E-state index in [9.17, 15) is 4.79 Å². The zero-order valence-corrected chi connectivity index (χ0v) is 12.5. The van der Waals surface area contributed by atoms with Gasteiger partial charge in [0.15, 0.2) is 11.5 Å². The first-order chi connectivity index (χ1) is 10.7. The summed E-state index contributed by atoms with van der Waals surface area (Å²) >= 11 is 0. The summed E-state index contributed by atoms with van der Waals surface area (Å²) in [5.74, 6) is 1.65. The van der Waals surface area contributed by atoms with E-state index in [1.807, 2.05) is 42.3 Å². The Balaban J connectivity index is 1.64. The first-order valence-electron chi connectivity index (χ1n) is 7.58. The van der Waals surface area contributed by atoms with Crippen molar-refractivity contribution in [1.82, 2.24) is 9.88 Å². The molecule has 2 aliphatic heterocycles. The topological polar surface area (TPSA) is 54.6 Å². The van der Waals surface area contributed by atoms with Gasteiger partial charge in [-0.05, 0) is 43.5 Å². The molecule has 1 unspecified atom stereocenters. The lowest BCUT2D eigenvalue weighted by molar-refractivity contribution is 0.0735. The third-order valence-electron chi connectivity index (χ3n) is 4.48. The van der Waals surface area contributed by atoms with Crippen LogP contribution >= 0.6 is 0 Å². The van der Waals surface area contributed by atoms with E-state index in [4.69, 9.17) is 9.47 Å². The molecule has 1 saturated heterocycles. The van der Waals surface area contributed by atoms with E-state index < -0.39 is 0 Å². The molecule has 4 rings (SSSR count). The fourth-order valence-corrected chi connectivity index (χ4v) is 3.32. The third-order valence-corrected chi connectivity index (χ3v) is 4.48. The van der Waals surface area contributed by atoms with Crippen LogP contribution in [0.1, 0.15) is 40.5 Å². The predicted molar refractivity (Wildman–Crippen MR) is 81.1 cm³/mol. The second kappa shape index (κ2) is 5.09. The molecule has 5 heteroatoms. The number of rotatable bonds is 2. The highest BCUT2D eigenvalue weighted by Gasteiger charge is 2.32. The molecule has 5 nitrogen and oxygen atoms in total. The van der Waals surface area contributed by atoms with Crippen molar-refractivity contribution in [3.05, 3.63) is 47.3 Å². The fraction of sp³-hybridized carbons (Fsp3) is 0.353. The lowest BCUT2D eigenvalue weighted by Crippen LogP contribution is -2.30. The van der Waals surface area contributed by atoms with Crippen LogP contribution in [0.5, 0.6) is 11.5 Å². The summed E-state index contributed by atoms with van der Waals surface area (Å²) in [6, 6.07) is 7.93. The van der Waals surface area contributed by atoms with Crippen molar-refractivity contribution in [2.45, 2.75) is 25.8 Å². The Morgan fingerprint density at radius 3 is 2.95 bits per heavy atom. The first-order valence-corrected chi connectivity index (χ1v) is 7.58. The molecule has 1 amide bonds. The van der Waals surface area contributed by atoms with Crippen LogP contribution in [0.3, 0.4) is 0 Å². The molecule has 1 atom stereocenters. The molecular formula is C17H18N2O3. The normalized spacial score (nSPS) is 19.7. The maximum atomic E-state index is 12.8. The molecule has 114 valence electrons. The molecule has 0 bridgehead atoms. The van der Waals surface area contributed by atoms with Gasteiger partial charge in [0.1, 0.15) is 0 Å². The number of nitrogens with zero attached hydrogens (tertiary/aromatic N) is 1. The molecule has 0 radical (unpaired) electrons. The van der Waals surface area contributed by atoms with E-state index >= 15 is 0 Å². The van der Waals surface area contributed by atoms with E-state index in [2.05, 4.69) is 4.98 Å². The minimum Gasteiger partial charge on any atom is -0.454 e. The van der Waals surface area contributed by atoms with Crippen LogP contribution in [0.2, 0.25) is 0 Å². The Hall–Kier alpha value is -2.43. The van der Waals surface area contributed by atoms with Crippen molar-refractivity contribution in [2.24, 2.45) is 0 Å². The molecule has 0 aliphatic carbocycles. The number of likely N-dealkylation sites (tertiary alicyclic amines) is 1. The van der Waals surface area contributed by atoms with E-state index in [1.54, 1.807) is 0 Å². The minimum absolute atomic E-state index is 0.0962. The highest BCUT2D eigenvalue weighted by atomic mass is 16.7. The van der Waals surface area contributed by atoms with Crippen LogP contribution in [-0.2, 0) is 0 Å². The number of ether oxygens (including phenoxy) is 2. The van der Waals surface area contributed by atoms with Gasteiger partial charge in [-0.15, -0.1) is 0 Å². The van der Waals surface area contributed by atoms with Crippen LogP contribution in [0.4, 0.5) is 0 Å². The molecule has 1 N–H and O–H groups in total. The number of hydrogen-bond acceptors (Lipinski definition) is 3. The summed E-state index contributed by atoms with van der Waals surface area (Å²) in [7, 11) is 0. The van der Waals surface area contributed by atoms with Crippen LogP contribution < -0.4 is 9.47 Å². The number of benzene rings is 1. The quantitative estimate of drug-likeness (QED) is 0.927. The molecule has 0 spiro atoms. The van der Waals surface area contributed by atoms with Gasteiger partial charge in [-0.3, -0.25) is 4.79 Å². The molecule has 1 aromatic heterocycles. The largest absolute Gasteiger partial charge is 0.454 e. The monoisotopic (exact) mass is 298 g/mol. The van der Waals surface area contributed by atoms with Gasteiger partial charge in [-0.1, -0.05) is 6.07 Å². The lowest BCUT2D eigenvalue weighted by Gasteiger charge is -2.25. The molecule has 3 heterocycles. The van der Waals surface area contributed by atoms with E-state index in [1.165, 1.54) is 0 Å². The molecule has 0 saturated carbocycles. The Morgan fingerprint density at radius 2 is 2.14 bits per heavy atom. The van der Waals surface area contributed by atoms with Gasteiger partial charge in [0.05, 0.1) is 11.6 Å². The van der Waals surface area contributed by atoms with Crippen LogP contribution in [0.25, 0.3) is 0 Å². The van der Waals surface area contributed by atoms with Gasteiger partial charge in [0.2, 0.25) is 6.79 Å². The third kappa shape index (κ3) is 2.04. The van der Waals surface area contributed by atoms with Crippen LogP contribution in [-0.4, -0.2) is 29.1 Å². The molecule has 22 heavy (non-hydrogen) atoms. The highest BCUT2D eigenvalue weighted by Crippen LogP contribution is 2.39. The Labute approximate surface area is 128 Å². The second-order valence-corrected chi connectivity index (χ2v) is 5.79. The first kappa shape index (κ1) is 13.2. The molecule has 2 aromatic rings. The average molecular weight is 298 g/mol. The zero-order valence-electron chi connectivity index (χ0n) is 12.5. The minimum atomic E-state index is 0.0962. The van der Waals surface area contributed by atoms with Gasteiger partial charge in [-0.25, -0.2) is 0 Å².